The summed E-state index contributed by atoms with van der Waals surface area (Å²) in [6, 6.07) is 0.732. The van der Waals surface area contributed by atoms with Crippen molar-refractivity contribution in [3.63, 3.8) is 0 Å². The summed E-state index contributed by atoms with van der Waals surface area (Å²) in [5.74, 6) is 0. The molecular weight excluding hydrogens is 212 g/mol. The van der Waals surface area contributed by atoms with Crippen LogP contribution in [-0.4, -0.2) is 42.9 Å². The van der Waals surface area contributed by atoms with Crippen LogP contribution in [0.2, 0.25) is 0 Å². The van der Waals surface area contributed by atoms with Crippen LogP contribution >= 0.6 is 12.4 Å². The summed E-state index contributed by atoms with van der Waals surface area (Å²) in [6.45, 7) is 8.78. The first-order valence-corrected chi connectivity index (χ1v) is 5.86. The molecule has 0 saturated carbocycles. The average Bonchev–Trinajstić information content (AvgIpc) is 2.75. The fourth-order valence-electron chi connectivity index (χ4n) is 2.77. The molecule has 2 fully saturated rings. The SMILES string of the molecule is CCN1CCCC1CC1(C)NCCO1.Cl. The molecule has 0 bridgehead atoms. The van der Waals surface area contributed by atoms with E-state index in [2.05, 4.69) is 24.1 Å². The van der Waals surface area contributed by atoms with Crippen molar-refractivity contribution in [3.8, 4) is 0 Å². The van der Waals surface area contributed by atoms with E-state index in [-0.39, 0.29) is 18.1 Å². The lowest BCUT2D eigenvalue weighted by atomic mass is 10.0. The second-order valence-electron chi connectivity index (χ2n) is 4.63. The highest BCUT2D eigenvalue weighted by molar-refractivity contribution is 5.85. The van der Waals surface area contributed by atoms with Crippen molar-refractivity contribution in [1.29, 1.82) is 0 Å². The zero-order chi connectivity index (χ0) is 10.0. The highest BCUT2D eigenvalue weighted by Gasteiger charge is 2.35. The van der Waals surface area contributed by atoms with E-state index in [0.29, 0.717) is 0 Å². The number of nitrogens with one attached hydrogen (secondary N) is 1. The van der Waals surface area contributed by atoms with E-state index >= 15 is 0 Å². The topological polar surface area (TPSA) is 24.5 Å². The van der Waals surface area contributed by atoms with Crippen LogP contribution in [0.25, 0.3) is 0 Å². The number of halogens is 1. The summed E-state index contributed by atoms with van der Waals surface area (Å²) >= 11 is 0. The highest BCUT2D eigenvalue weighted by atomic mass is 35.5. The first-order valence-electron chi connectivity index (χ1n) is 5.86. The summed E-state index contributed by atoms with van der Waals surface area (Å²) in [5, 5.41) is 3.46. The van der Waals surface area contributed by atoms with E-state index in [1.165, 1.54) is 25.9 Å². The molecule has 0 aromatic rings. The molecule has 3 nitrogen and oxygen atoms in total. The molecule has 90 valence electrons. The monoisotopic (exact) mass is 234 g/mol. The van der Waals surface area contributed by atoms with Crippen LogP contribution < -0.4 is 5.32 Å². The maximum Gasteiger partial charge on any atom is 0.118 e. The van der Waals surface area contributed by atoms with Gasteiger partial charge in [-0.1, -0.05) is 6.92 Å². The van der Waals surface area contributed by atoms with Gasteiger partial charge in [0.2, 0.25) is 0 Å². The van der Waals surface area contributed by atoms with Crippen LogP contribution in [0, 0.1) is 0 Å². The Morgan fingerprint density at radius 1 is 1.53 bits per heavy atom. The molecule has 1 N–H and O–H groups in total. The van der Waals surface area contributed by atoms with E-state index in [1.807, 2.05) is 0 Å². The number of likely N-dealkylation sites (tertiary alicyclic amines) is 1. The summed E-state index contributed by atoms with van der Waals surface area (Å²) < 4.78 is 5.76. The second kappa shape index (κ2) is 5.48. The van der Waals surface area contributed by atoms with E-state index in [1.54, 1.807) is 0 Å². The first-order chi connectivity index (χ1) is 6.73. The minimum Gasteiger partial charge on any atom is -0.360 e. The molecule has 2 aliphatic rings. The van der Waals surface area contributed by atoms with Crippen LogP contribution in [0.3, 0.4) is 0 Å². The van der Waals surface area contributed by atoms with Crippen molar-refractivity contribution in [3.05, 3.63) is 0 Å². The van der Waals surface area contributed by atoms with Crippen LogP contribution in [0.1, 0.15) is 33.1 Å². The van der Waals surface area contributed by atoms with Crippen LogP contribution in [0.5, 0.6) is 0 Å². The maximum atomic E-state index is 5.76. The molecule has 2 unspecified atom stereocenters. The van der Waals surface area contributed by atoms with Gasteiger partial charge in [0.05, 0.1) is 6.61 Å². The highest BCUT2D eigenvalue weighted by Crippen LogP contribution is 2.27. The summed E-state index contributed by atoms with van der Waals surface area (Å²) in [6.07, 6.45) is 3.84. The lowest BCUT2D eigenvalue weighted by Crippen LogP contribution is -2.44. The molecule has 2 atom stereocenters. The summed E-state index contributed by atoms with van der Waals surface area (Å²) in [7, 11) is 0. The molecular formula is C11H23ClN2O. The van der Waals surface area contributed by atoms with Gasteiger partial charge >= 0.3 is 0 Å². The van der Waals surface area contributed by atoms with Crippen molar-refractivity contribution in [2.45, 2.75) is 44.9 Å². The van der Waals surface area contributed by atoms with Crippen molar-refractivity contribution in [1.82, 2.24) is 10.2 Å². The predicted octanol–water partition coefficient (Wildman–Crippen LogP) is 1.62. The largest absolute Gasteiger partial charge is 0.360 e. The number of nitrogens with zero attached hydrogens (tertiary/aromatic N) is 1. The van der Waals surface area contributed by atoms with E-state index in [4.69, 9.17) is 4.74 Å². The molecule has 2 heterocycles. The Morgan fingerprint density at radius 3 is 2.93 bits per heavy atom. The Kier molecular flexibility index (Phi) is 4.84. The number of hydrogen-bond acceptors (Lipinski definition) is 3. The normalized spacial score (nSPS) is 36.8. The number of hydrogen-bond donors (Lipinski definition) is 1. The van der Waals surface area contributed by atoms with Crippen LogP contribution in [-0.2, 0) is 4.74 Å². The zero-order valence-corrected chi connectivity index (χ0v) is 10.6. The minimum absolute atomic E-state index is 0. The van der Waals surface area contributed by atoms with Crippen molar-refractivity contribution < 1.29 is 4.74 Å². The quantitative estimate of drug-likeness (QED) is 0.803. The summed E-state index contributed by atoms with van der Waals surface area (Å²) in [5.41, 5.74) is -0.0531. The Morgan fingerprint density at radius 2 is 2.33 bits per heavy atom. The van der Waals surface area contributed by atoms with E-state index in [9.17, 15) is 0 Å². The number of rotatable bonds is 3. The molecule has 0 aromatic carbocycles. The van der Waals surface area contributed by atoms with Gasteiger partial charge < -0.3 is 9.64 Å². The average molecular weight is 235 g/mol. The fourth-order valence-corrected chi connectivity index (χ4v) is 2.77. The third kappa shape index (κ3) is 3.06. The molecule has 0 spiro atoms. The Labute approximate surface area is 99.0 Å². The van der Waals surface area contributed by atoms with Crippen molar-refractivity contribution in [2.24, 2.45) is 0 Å². The van der Waals surface area contributed by atoms with Gasteiger partial charge in [-0.05, 0) is 32.9 Å². The lowest BCUT2D eigenvalue weighted by molar-refractivity contribution is -0.0174. The van der Waals surface area contributed by atoms with E-state index in [0.717, 1.165) is 25.6 Å². The lowest BCUT2D eigenvalue weighted by Gasteiger charge is -2.31. The summed E-state index contributed by atoms with van der Waals surface area (Å²) in [4.78, 5) is 2.58. The third-order valence-electron chi connectivity index (χ3n) is 3.55. The molecule has 2 rings (SSSR count). The third-order valence-corrected chi connectivity index (χ3v) is 3.55. The second-order valence-corrected chi connectivity index (χ2v) is 4.63. The van der Waals surface area contributed by atoms with Crippen molar-refractivity contribution in [2.75, 3.05) is 26.2 Å². The van der Waals surface area contributed by atoms with E-state index < -0.39 is 0 Å². The van der Waals surface area contributed by atoms with Gasteiger partial charge in [-0.15, -0.1) is 12.4 Å². The van der Waals surface area contributed by atoms with Gasteiger partial charge in [-0.3, -0.25) is 5.32 Å². The van der Waals surface area contributed by atoms with Gasteiger partial charge in [-0.25, -0.2) is 0 Å². The molecule has 2 saturated heterocycles. The molecule has 4 heteroatoms. The molecule has 0 radical (unpaired) electrons. The number of ether oxygens (including phenoxy) is 1. The molecule has 0 aromatic heterocycles. The molecule has 15 heavy (non-hydrogen) atoms. The van der Waals surface area contributed by atoms with Gasteiger partial charge in [0.15, 0.2) is 0 Å². The standard InChI is InChI=1S/C11H22N2O.ClH/c1-3-13-7-4-5-10(13)9-11(2)12-6-8-14-11;/h10,12H,3-9H2,1-2H3;1H. The maximum absolute atomic E-state index is 5.76. The predicted molar refractivity (Wildman–Crippen MR) is 64.5 cm³/mol. The minimum atomic E-state index is -0.0531. The van der Waals surface area contributed by atoms with Crippen LogP contribution in [0.15, 0.2) is 0 Å². The smallest absolute Gasteiger partial charge is 0.118 e. The fraction of sp³-hybridized carbons (Fsp3) is 1.00. The molecule has 0 aliphatic carbocycles. The zero-order valence-electron chi connectivity index (χ0n) is 9.79. The van der Waals surface area contributed by atoms with Gasteiger partial charge in [0.1, 0.15) is 5.72 Å². The van der Waals surface area contributed by atoms with Crippen molar-refractivity contribution >= 4 is 12.4 Å². The Balaban J connectivity index is 0.00000112. The van der Waals surface area contributed by atoms with Gasteiger partial charge in [0.25, 0.3) is 0 Å². The van der Waals surface area contributed by atoms with Crippen LogP contribution in [0.4, 0.5) is 0 Å². The molecule has 0 amide bonds. The first kappa shape index (κ1) is 13.2. The van der Waals surface area contributed by atoms with Gasteiger partial charge in [-0.2, -0.15) is 0 Å². The Hall–Kier alpha value is 0.170. The van der Waals surface area contributed by atoms with Gasteiger partial charge in [0, 0.05) is 19.0 Å². The molecule has 2 aliphatic heterocycles. The Bertz CT molecular complexity index is 195.